The molecule has 0 heterocycles. The summed E-state index contributed by atoms with van der Waals surface area (Å²) in [7, 11) is 4.57. The van der Waals surface area contributed by atoms with Crippen molar-refractivity contribution in [1.82, 2.24) is 10.6 Å². The number of ketones is 2. The standard InChI is InChI=1S/C48H38N2O2.ClH.HNO.Ru/c51-47-35(27-33-15-3-7-21-39(33)45(47)41-23-11-17-31-13-1-5-19-37(31)41)29-49-43-25-9-10-26-44(43)50-30-36-28-34-16-4-8-22-40(34)46(48(36)52)42-24-12-18-32-14-2-6-20-38(32)42;;1-2;/h1-8,11-24,27-30,43-44,49-50H,9-10,25-26H2;1H;1H;/q;;;+1/p-1/b35-29-,36-30-;;;/t43-,44-;;;/m1.../s1. The van der Waals surface area contributed by atoms with E-state index >= 15 is 0 Å². The molecule has 3 aliphatic rings. The van der Waals surface area contributed by atoms with Gasteiger partial charge >= 0.3 is 27.0 Å². The van der Waals surface area contributed by atoms with E-state index in [1.807, 2.05) is 115 Å². The van der Waals surface area contributed by atoms with E-state index < -0.39 is 0 Å². The maximum atomic E-state index is 14.3. The Morgan fingerprint density at radius 1 is 0.518 bits per heavy atom. The third kappa shape index (κ3) is 7.58. The summed E-state index contributed by atoms with van der Waals surface area (Å²) in [5.41, 5.74) is 9.16. The van der Waals surface area contributed by atoms with Crippen LogP contribution < -0.4 is 31.5 Å². The fourth-order valence-corrected chi connectivity index (χ4v) is 8.26. The van der Waals surface area contributed by atoms with Gasteiger partial charge in [0.05, 0.1) is 0 Å². The third-order valence-electron chi connectivity index (χ3n) is 10.9. The van der Waals surface area contributed by atoms with Gasteiger partial charge in [-0.05, 0) is 78.5 Å². The summed E-state index contributed by atoms with van der Waals surface area (Å²) < 4.78 is 0. The normalized spacial score (nSPS) is 18.8. The van der Waals surface area contributed by atoms with E-state index in [2.05, 4.69) is 86.6 Å². The average Bonchev–Trinajstić information content (AvgIpc) is 3.26. The van der Waals surface area contributed by atoms with Crippen LogP contribution in [0.5, 0.6) is 0 Å². The molecule has 56 heavy (non-hydrogen) atoms. The Balaban J connectivity index is 0.00000117. The molecule has 279 valence electrons. The van der Waals surface area contributed by atoms with Gasteiger partial charge in [0.25, 0.3) is 0 Å². The van der Waals surface area contributed by atoms with Crippen molar-refractivity contribution in [3.8, 4) is 0 Å². The first-order valence-corrected chi connectivity index (χ1v) is 20.8. The van der Waals surface area contributed by atoms with E-state index in [4.69, 9.17) is 4.91 Å². The van der Waals surface area contributed by atoms with Gasteiger partial charge in [-0.3, -0.25) is 9.59 Å². The van der Waals surface area contributed by atoms with E-state index in [1.54, 1.807) is 0 Å². The van der Waals surface area contributed by atoms with Crippen molar-refractivity contribution in [2.24, 2.45) is 0 Å². The number of allylic oxidation sites excluding steroid dienone is 2. The van der Waals surface area contributed by atoms with E-state index in [0.29, 0.717) is 11.1 Å². The Hall–Kier alpha value is -5.75. The van der Waals surface area contributed by atoms with Gasteiger partial charge in [0, 0.05) is 46.8 Å². The summed E-state index contributed by atoms with van der Waals surface area (Å²) in [6.45, 7) is 0. The number of carbonyl (C=O) groups is 2. The molecule has 0 aromatic heterocycles. The van der Waals surface area contributed by atoms with Crippen LogP contribution in [0.15, 0.2) is 157 Å². The van der Waals surface area contributed by atoms with Crippen molar-refractivity contribution in [1.29, 1.82) is 5.59 Å². The van der Waals surface area contributed by atoms with Gasteiger partial charge in [-0.2, -0.15) is 4.91 Å². The minimum atomic E-state index is 0.0163. The van der Waals surface area contributed by atoms with Crippen LogP contribution in [-0.2, 0) is 26.9 Å². The van der Waals surface area contributed by atoms with E-state index in [1.165, 1.54) is 0 Å². The van der Waals surface area contributed by atoms with Crippen molar-refractivity contribution in [2.75, 3.05) is 0 Å². The maximum absolute atomic E-state index is 14.3. The summed E-state index contributed by atoms with van der Waals surface area (Å²) in [5, 5.41) is 15.7. The molecule has 3 aliphatic carbocycles. The van der Waals surface area contributed by atoms with Crippen LogP contribution >= 0.6 is 9.69 Å². The van der Waals surface area contributed by atoms with Crippen LogP contribution in [-0.4, -0.2) is 23.7 Å². The fourth-order valence-electron chi connectivity index (χ4n) is 8.26. The van der Waals surface area contributed by atoms with Gasteiger partial charge in [0.15, 0.2) is 11.6 Å². The molecule has 6 aromatic rings. The number of Topliss-reactive ketones (excluding diaryl/α,β-unsaturated/α-hetero) is 2. The van der Waals surface area contributed by atoms with Crippen molar-refractivity contribution in [2.45, 2.75) is 37.8 Å². The summed E-state index contributed by atoms with van der Waals surface area (Å²) in [4.78, 5) is 36.2. The van der Waals surface area contributed by atoms with Crippen LogP contribution in [0.3, 0.4) is 0 Å². The molecule has 1 saturated carbocycles. The summed E-state index contributed by atoms with van der Waals surface area (Å²) >= 11 is 1.82. The molecule has 0 radical (unpaired) electrons. The molecule has 0 amide bonds. The predicted molar refractivity (Wildman–Crippen MR) is 224 cm³/mol. The molecule has 3 N–H and O–H groups in total. The van der Waals surface area contributed by atoms with E-state index in [0.717, 1.165) is 90.4 Å². The molecule has 0 saturated heterocycles. The van der Waals surface area contributed by atoms with Crippen molar-refractivity contribution in [3.05, 3.63) is 194 Å². The number of rotatable bonds is 6. The first-order chi connectivity index (χ1) is 27.6. The zero-order chi connectivity index (χ0) is 39.0. The molecule has 9 rings (SSSR count). The van der Waals surface area contributed by atoms with Crippen molar-refractivity contribution >= 4 is 66.1 Å². The number of halogens is 1. The molecular formula is C48H39ClN3O3Ru. The SMILES string of the molecule is N=O.O=C1C(c2cccc3ccccc23)=c2ccccc2=C/C1=C/N[C@@H]1CCCC[C@H]1N/C=C1/C=c2ccccc2=C(c2cccc3ccccc23)C1=O.[Cl][Ru]. The van der Waals surface area contributed by atoms with Crippen LogP contribution in [0.25, 0.3) is 44.8 Å². The van der Waals surface area contributed by atoms with Crippen LogP contribution in [0.1, 0.15) is 36.8 Å². The molecular weight excluding hydrogens is 803 g/mol. The van der Waals surface area contributed by atoms with Gasteiger partial charge < -0.3 is 10.6 Å². The second-order valence-corrected chi connectivity index (χ2v) is 14.0. The molecule has 6 aromatic carbocycles. The quantitative estimate of drug-likeness (QED) is 0.0946. The molecule has 6 nitrogen and oxygen atoms in total. The Kier molecular flexibility index (Phi) is 12.2. The van der Waals surface area contributed by atoms with Gasteiger partial charge in [-0.25, -0.2) is 0 Å². The first kappa shape index (κ1) is 38.5. The van der Waals surface area contributed by atoms with E-state index in [-0.39, 0.29) is 23.7 Å². The first-order valence-electron chi connectivity index (χ1n) is 18.6. The predicted octanol–water partition coefficient (Wildman–Crippen LogP) is 7.09. The zero-order valence-electron chi connectivity index (χ0n) is 30.5. The molecule has 0 aliphatic heterocycles. The van der Waals surface area contributed by atoms with Crippen LogP contribution in [0, 0.1) is 10.5 Å². The summed E-state index contributed by atoms with van der Waals surface area (Å²) in [6, 6.07) is 45.3. The number of nitrogens with one attached hydrogen (secondary N) is 3. The second-order valence-electron chi connectivity index (χ2n) is 14.0. The Morgan fingerprint density at radius 3 is 1.34 bits per heavy atom. The Labute approximate surface area is 339 Å². The molecule has 0 spiro atoms. The van der Waals surface area contributed by atoms with Gasteiger partial charge in [-0.1, -0.05) is 152 Å². The summed E-state index contributed by atoms with van der Waals surface area (Å²) in [5.74, 6) is 0.0325. The molecule has 2 atom stereocenters. The zero-order valence-corrected chi connectivity index (χ0v) is 32.9. The Morgan fingerprint density at radius 2 is 0.893 bits per heavy atom. The number of hydrogen-bond donors (Lipinski definition) is 3. The fraction of sp³-hybridized carbons (Fsp3) is 0.125. The topological polar surface area (TPSA) is 99.1 Å². The van der Waals surface area contributed by atoms with Gasteiger partial charge in [-0.15, -0.1) is 0 Å². The number of hydrogen-bond acceptors (Lipinski definition) is 6. The third-order valence-corrected chi connectivity index (χ3v) is 10.9. The molecule has 0 unspecified atom stereocenters. The van der Waals surface area contributed by atoms with Crippen LogP contribution in [0.2, 0.25) is 0 Å². The molecule has 8 heteroatoms. The van der Waals surface area contributed by atoms with Crippen molar-refractivity contribution < 1.29 is 26.9 Å². The second kappa shape index (κ2) is 17.8. The van der Waals surface area contributed by atoms with Crippen molar-refractivity contribution in [3.63, 3.8) is 0 Å². The summed E-state index contributed by atoms with van der Waals surface area (Å²) in [6.07, 6.45) is 12.0. The monoisotopic (exact) mass is 842 g/mol. The van der Waals surface area contributed by atoms with Gasteiger partial charge in [0.2, 0.25) is 0 Å². The number of fused-ring (bicyclic) bond motifs is 4. The molecule has 1 fully saturated rings. The molecule has 0 bridgehead atoms. The van der Waals surface area contributed by atoms with Crippen LogP contribution in [0.4, 0.5) is 0 Å². The minimum absolute atomic E-state index is 0.0163. The number of carbonyl (C=O) groups excluding carboxylic acids is 2. The van der Waals surface area contributed by atoms with Gasteiger partial charge in [0.1, 0.15) is 0 Å². The average molecular weight is 842 g/mol. The Bertz CT molecular complexity index is 2590. The number of benzene rings is 6. The van der Waals surface area contributed by atoms with E-state index in [9.17, 15) is 9.59 Å². The number of nitroso groups, excluding NO2 is 1.